The molecule has 0 aromatic rings. The summed E-state index contributed by atoms with van der Waals surface area (Å²) in [7, 11) is 0. The number of nitrogens with two attached hydrogens (primary N) is 1. The summed E-state index contributed by atoms with van der Waals surface area (Å²) in [6.45, 7) is 0. The molecule has 0 aromatic carbocycles. The maximum atomic E-state index is 9.55. The second kappa shape index (κ2) is 6.67. The number of hydrogen-bond acceptors (Lipinski definition) is 4. The van der Waals surface area contributed by atoms with Crippen LogP contribution in [0.2, 0.25) is 0 Å². The molecule has 0 spiro atoms. The van der Waals surface area contributed by atoms with Gasteiger partial charge in [0.2, 0.25) is 0 Å². The van der Waals surface area contributed by atoms with Crippen molar-refractivity contribution in [3.05, 3.63) is 4.91 Å². The summed E-state index contributed by atoms with van der Waals surface area (Å²) in [5, 5.41) is 1.81. The minimum atomic E-state index is -0.959. The standard InChI is InChI=1S/CH3N3O3.Na.H/c2-1(5)3-7-4-6;;/h(H3,2,3,5);;. The second-order valence-electron chi connectivity index (χ2n) is 0.632. The molecular weight excluding hydrogens is 125 g/mol. The Morgan fingerprint density at radius 3 is 2.38 bits per heavy atom. The van der Waals surface area contributed by atoms with Crippen molar-refractivity contribution in [1.82, 2.24) is 5.48 Å². The molecule has 0 aliphatic carbocycles. The number of urea groups is 1. The molecule has 0 aliphatic heterocycles. The van der Waals surface area contributed by atoms with Crippen LogP contribution < -0.4 is 11.2 Å². The van der Waals surface area contributed by atoms with Crippen molar-refractivity contribution in [3.63, 3.8) is 0 Å². The van der Waals surface area contributed by atoms with Crippen molar-refractivity contribution in [2.45, 2.75) is 0 Å². The van der Waals surface area contributed by atoms with Crippen molar-refractivity contribution in [2.75, 3.05) is 0 Å². The molecule has 3 N–H and O–H groups in total. The molecule has 0 bridgehead atoms. The maximum absolute atomic E-state index is 9.55. The molecule has 0 aliphatic rings. The fraction of sp³-hybridized carbons (Fsp3) is 0. The number of rotatable bonds is 2. The van der Waals surface area contributed by atoms with E-state index in [1.54, 1.807) is 0 Å². The van der Waals surface area contributed by atoms with Gasteiger partial charge in [0.1, 0.15) is 0 Å². The van der Waals surface area contributed by atoms with Crippen LogP contribution in [0.15, 0.2) is 5.34 Å². The van der Waals surface area contributed by atoms with E-state index in [-0.39, 0.29) is 29.6 Å². The van der Waals surface area contributed by atoms with Gasteiger partial charge in [-0.3, -0.25) is 0 Å². The Hall–Kier alpha value is -0.330. The predicted molar refractivity (Wildman–Crippen MR) is 26.7 cm³/mol. The molecule has 0 aromatic heterocycles. The Bertz CT molecular complexity index is 84.6. The van der Waals surface area contributed by atoms with E-state index in [1.165, 1.54) is 5.48 Å². The van der Waals surface area contributed by atoms with E-state index in [1.807, 2.05) is 5.34 Å². The number of nitrogens with one attached hydrogen (secondary N) is 1. The van der Waals surface area contributed by atoms with Crippen LogP contribution in [0.3, 0.4) is 0 Å². The fourth-order valence-electron chi connectivity index (χ4n) is 0.0636. The Balaban J connectivity index is 0. The van der Waals surface area contributed by atoms with Gasteiger partial charge in [-0.1, -0.05) is 0 Å². The van der Waals surface area contributed by atoms with E-state index < -0.39 is 6.03 Å². The van der Waals surface area contributed by atoms with E-state index in [2.05, 4.69) is 10.7 Å². The van der Waals surface area contributed by atoms with E-state index in [9.17, 15) is 4.79 Å². The molecule has 8 heavy (non-hydrogen) atoms. The molecule has 42 valence electrons. The van der Waals surface area contributed by atoms with Crippen molar-refractivity contribution in [2.24, 2.45) is 11.1 Å². The Labute approximate surface area is 66.9 Å². The quantitative estimate of drug-likeness (QED) is 0.273. The number of carbonyl (C=O) groups excluding carboxylic acids is 1. The van der Waals surface area contributed by atoms with Crippen molar-refractivity contribution < 1.29 is 9.73 Å². The Kier molecular flexibility index (Phi) is 8.85. The van der Waals surface area contributed by atoms with E-state index in [0.717, 1.165) is 0 Å². The molecule has 6 nitrogen and oxygen atoms in total. The van der Waals surface area contributed by atoms with Gasteiger partial charge in [-0.25, -0.2) is 9.73 Å². The van der Waals surface area contributed by atoms with Gasteiger partial charge in [0.25, 0.3) is 0 Å². The van der Waals surface area contributed by atoms with Gasteiger partial charge in [0.15, 0.2) is 5.34 Å². The second-order valence-corrected chi connectivity index (χ2v) is 0.632. The third-order valence-electron chi connectivity index (χ3n) is 0.184. The predicted octanol–water partition coefficient (Wildman–Crippen LogP) is -1.38. The number of primary amides is 1. The Morgan fingerprint density at radius 1 is 1.75 bits per heavy atom. The normalized spacial score (nSPS) is 6.00. The molecule has 0 saturated heterocycles. The summed E-state index contributed by atoms with van der Waals surface area (Å²) >= 11 is 0. The number of hydrogen-bond donors (Lipinski definition) is 2. The minimum absolute atomic E-state index is 0. The first-order chi connectivity index (χ1) is 3.27. The molecule has 0 unspecified atom stereocenters. The van der Waals surface area contributed by atoms with Crippen LogP contribution in [-0.4, -0.2) is 35.6 Å². The monoisotopic (exact) mass is 129 g/mol. The van der Waals surface area contributed by atoms with Gasteiger partial charge in [-0.15, -0.1) is 10.4 Å². The van der Waals surface area contributed by atoms with Gasteiger partial charge in [0, 0.05) is 0 Å². The molecule has 2 amide bonds. The molecule has 0 heterocycles. The van der Waals surface area contributed by atoms with Gasteiger partial charge < -0.3 is 5.73 Å². The van der Waals surface area contributed by atoms with Crippen molar-refractivity contribution in [1.29, 1.82) is 0 Å². The first-order valence-corrected chi connectivity index (χ1v) is 1.31. The molecular formula is CH4N3NaO3. The van der Waals surface area contributed by atoms with Crippen LogP contribution >= 0.6 is 0 Å². The Morgan fingerprint density at radius 2 is 2.25 bits per heavy atom. The molecule has 7 heteroatoms. The van der Waals surface area contributed by atoms with Crippen LogP contribution in [-0.2, 0) is 4.94 Å². The first-order valence-electron chi connectivity index (χ1n) is 1.31. The third kappa shape index (κ3) is 9.18. The van der Waals surface area contributed by atoms with E-state index >= 15 is 0 Å². The third-order valence-corrected chi connectivity index (χ3v) is 0.184. The van der Waals surface area contributed by atoms with Gasteiger partial charge in [0.05, 0.1) is 0 Å². The summed E-state index contributed by atoms with van der Waals surface area (Å²) in [6.07, 6.45) is 0. The number of carbonyl (C=O) groups is 1. The average Bonchev–Trinajstić information content (AvgIpc) is 1.61. The average molecular weight is 129 g/mol. The zero-order chi connectivity index (χ0) is 5.70. The number of amides is 2. The zero-order valence-electron chi connectivity index (χ0n) is 3.25. The van der Waals surface area contributed by atoms with Crippen molar-refractivity contribution in [3.8, 4) is 0 Å². The summed E-state index contributed by atoms with van der Waals surface area (Å²) < 4.78 is 0. The van der Waals surface area contributed by atoms with Gasteiger partial charge in [-0.2, -0.15) is 0 Å². The van der Waals surface area contributed by atoms with E-state index in [0.29, 0.717) is 0 Å². The fourth-order valence-corrected chi connectivity index (χ4v) is 0.0636. The first kappa shape index (κ1) is 10.6. The van der Waals surface area contributed by atoms with Crippen LogP contribution in [0.5, 0.6) is 0 Å². The molecule has 0 fully saturated rings. The molecule has 0 atom stereocenters. The van der Waals surface area contributed by atoms with Gasteiger partial charge in [-0.05, 0) is 0 Å². The molecule has 0 radical (unpaired) electrons. The summed E-state index contributed by atoms with van der Waals surface area (Å²) in [5.41, 5.74) is 5.86. The van der Waals surface area contributed by atoms with Crippen LogP contribution in [0.1, 0.15) is 0 Å². The van der Waals surface area contributed by atoms with Crippen LogP contribution in [0.25, 0.3) is 0 Å². The summed E-state index contributed by atoms with van der Waals surface area (Å²) in [6, 6.07) is -0.959. The van der Waals surface area contributed by atoms with Crippen LogP contribution in [0, 0.1) is 4.91 Å². The summed E-state index contributed by atoms with van der Waals surface area (Å²) in [4.78, 5) is 22.0. The zero-order valence-corrected chi connectivity index (χ0v) is 3.25. The van der Waals surface area contributed by atoms with Crippen LogP contribution in [0.4, 0.5) is 4.79 Å². The molecule has 0 rings (SSSR count). The SMILES string of the molecule is NC(=O)NON=O.[NaH]. The summed E-state index contributed by atoms with van der Waals surface area (Å²) in [5.74, 6) is 0. The van der Waals surface area contributed by atoms with Crippen molar-refractivity contribution >= 4 is 35.6 Å². The van der Waals surface area contributed by atoms with E-state index in [4.69, 9.17) is 4.91 Å². The molecule has 0 saturated carbocycles. The number of hydroxylamine groups is 1. The topological polar surface area (TPSA) is 93.8 Å². The number of nitrogens with zero attached hydrogens (tertiary/aromatic N) is 1. The van der Waals surface area contributed by atoms with Gasteiger partial charge >= 0.3 is 35.6 Å².